The van der Waals surface area contributed by atoms with Crippen LogP contribution in [0.25, 0.3) is 10.9 Å². The van der Waals surface area contributed by atoms with Gasteiger partial charge >= 0.3 is 0 Å². The molecule has 1 aliphatic heterocycles. The van der Waals surface area contributed by atoms with Crippen molar-refractivity contribution in [2.24, 2.45) is 5.41 Å². The molecule has 1 saturated heterocycles. The molecule has 1 unspecified atom stereocenters. The molecular weight excluding hydrogens is 364 g/mol. The average Bonchev–Trinajstić information content (AvgIpc) is 2.95. The molecular formula is C18H18ClF2N3O2. The largest absolute Gasteiger partial charge is 0.351 e. The van der Waals surface area contributed by atoms with Crippen molar-refractivity contribution in [3.63, 3.8) is 0 Å². The fraction of sp³-hybridized carbons (Fsp3) is 0.444. The Labute approximate surface area is 153 Å². The summed E-state index contributed by atoms with van der Waals surface area (Å²) < 4.78 is 26.8. The molecule has 8 heteroatoms. The molecule has 138 valence electrons. The SMILES string of the molecule is Cc1cc2[nH]c(C(=O)NCC(=O)N3CCC4(C3)CC4(F)F)cc2cc1Cl. The molecule has 2 aromatic rings. The van der Waals surface area contributed by atoms with E-state index in [9.17, 15) is 18.4 Å². The van der Waals surface area contributed by atoms with E-state index in [4.69, 9.17) is 11.6 Å². The third-order valence-electron chi connectivity index (χ3n) is 5.46. The molecule has 4 rings (SSSR count). The lowest BCUT2D eigenvalue weighted by Crippen LogP contribution is -2.39. The lowest BCUT2D eigenvalue weighted by atomic mass is 10.1. The highest BCUT2D eigenvalue weighted by Gasteiger charge is 2.72. The Kier molecular flexibility index (Phi) is 3.77. The van der Waals surface area contributed by atoms with E-state index in [0.29, 0.717) is 23.7 Å². The highest BCUT2D eigenvalue weighted by Crippen LogP contribution is 2.64. The molecule has 0 bridgehead atoms. The molecule has 26 heavy (non-hydrogen) atoms. The number of nitrogens with one attached hydrogen (secondary N) is 2. The molecule has 2 heterocycles. The number of aromatic nitrogens is 1. The third-order valence-corrected chi connectivity index (χ3v) is 5.87. The normalized spacial score (nSPS) is 23.6. The average molecular weight is 382 g/mol. The van der Waals surface area contributed by atoms with Gasteiger partial charge in [0.1, 0.15) is 5.69 Å². The summed E-state index contributed by atoms with van der Waals surface area (Å²) in [6.07, 6.45) is 0.176. The minimum absolute atomic E-state index is 0.0683. The highest BCUT2D eigenvalue weighted by atomic mass is 35.5. The van der Waals surface area contributed by atoms with Gasteiger partial charge in [0.15, 0.2) is 0 Å². The number of aryl methyl sites for hydroxylation is 1. The van der Waals surface area contributed by atoms with Crippen LogP contribution in [0.4, 0.5) is 8.78 Å². The zero-order valence-corrected chi connectivity index (χ0v) is 14.9. The van der Waals surface area contributed by atoms with Crippen molar-refractivity contribution in [1.82, 2.24) is 15.2 Å². The van der Waals surface area contributed by atoms with E-state index in [1.54, 1.807) is 12.1 Å². The van der Waals surface area contributed by atoms with Crippen LogP contribution in [-0.2, 0) is 4.79 Å². The zero-order valence-electron chi connectivity index (χ0n) is 14.2. The zero-order chi connectivity index (χ0) is 18.7. The first-order valence-corrected chi connectivity index (χ1v) is 8.81. The van der Waals surface area contributed by atoms with Gasteiger partial charge in [0.25, 0.3) is 11.8 Å². The summed E-state index contributed by atoms with van der Waals surface area (Å²) in [5, 5.41) is 3.96. The molecule has 2 amide bonds. The smallest absolute Gasteiger partial charge is 0.268 e. The number of amides is 2. The Morgan fingerprint density at radius 3 is 2.73 bits per heavy atom. The van der Waals surface area contributed by atoms with Crippen molar-refractivity contribution >= 4 is 34.3 Å². The molecule has 5 nitrogen and oxygen atoms in total. The lowest BCUT2D eigenvalue weighted by molar-refractivity contribution is -0.129. The molecule has 1 aromatic heterocycles. The van der Waals surface area contributed by atoms with E-state index in [1.165, 1.54) is 4.90 Å². The predicted molar refractivity (Wildman–Crippen MR) is 93.6 cm³/mol. The molecule has 0 radical (unpaired) electrons. The van der Waals surface area contributed by atoms with Crippen LogP contribution in [0.1, 0.15) is 28.9 Å². The first-order valence-electron chi connectivity index (χ1n) is 8.43. The standard InChI is InChI=1S/C18H18ClF2N3O2/c1-10-4-13-11(5-12(10)19)6-14(23-13)16(26)22-7-15(25)24-3-2-17(9-24)8-18(17,20)21/h4-6,23H,2-3,7-9H2,1H3,(H,22,26). The molecule has 1 aromatic carbocycles. The number of fused-ring (bicyclic) bond motifs is 1. The van der Waals surface area contributed by atoms with Crippen LogP contribution in [0.5, 0.6) is 0 Å². The number of benzene rings is 1. The van der Waals surface area contributed by atoms with E-state index in [-0.39, 0.29) is 25.4 Å². The summed E-state index contributed by atoms with van der Waals surface area (Å²) in [4.78, 5) is 28.9. The van der Waals surface area contributed by atoms with Crippen molar-refractivity contribution in [3.8, 4) is 0 Å². The summed E-state index contributed by atoms with van der Waals surface area (Å²) in [6.45, 7) is 2.04. The van der Waals surface area contributed by atoms with Crippen LogP contribution in [0.2, 0.25) is 5.02 Å². The Morgan fingerprint density at radius 1 is 1.35 bits per heavy atom. The molecule has 1 spiro atoms. The van der Waals surface area contributed by atoms with Gasteiger partial charge in [-0.3, -0.25) is 9.59 Å². The highest BCUT2D eigenvalue weighted by molar-refractivity contribution is 6.32. The predicted octanol–water partition coefficient (Wildman–Crippen LogP) is 3.12. The maximum atomic E-state index is 13.4. The van der Waals surface area contributed by atoms with Crippen molar-refractivity contribution in [2.75, 3.05) is 19.6 Å². The molecule has 2 aliphatic rings. The minimum Gasteiger partial charge on any atom is -0.351 e. The first kappa shape index (κ1) is 17.3. The number of alkyl halides is 2. The Balaban J connectivity index is 1.37. The van der Waals surface area contributed by atoms with Crippen LogP contribution in [0, 0.1) is 12.3 Å². The molecule has 1 atom stereocenters. The van der Waals surface area contributed by atoms with E-state index in [0.717, 1.165) is 16.5 Å². The second kappa shape index (κ2) is 5.67. The van der Waals surface area contributed by atoms with Gasteiger partial charge < -0.3 is 15.2 Å². The van der Waals surface area contributed by atoms with Gasteiger partial charge in [-0.2, -0.15) is 0 Å². The summed E-state index contributed by atoms with van der Waals surface area (Å²) in [5.74, 6) is -3.42. The monoisotopic (exact) mass is 381 g/mol. The summed E-state index contributed by atoms with van der Waals surface area (Å²) in [6, 6.07) is 5.28. The van der Waals surface area contributed by atoms with Crippen LogP contribution in [0.15, 0.2) is 18.2 Å². The van der Waals surface area contributed by atoms with E-state index >= 15 is 0 Å². The topological polar surface area (TPSA) is 65.2 Å². The first-order chi connectivity index (χ1) is 12.2. The van der Waals surface area contributed by atoms with Gasteiger partial charge in [-0.1, -0.05) is 11.6 Å². The van der Waals surface area contributed by atoms with Crippen LogP contribution >= 0.6 is 11.6 Å². The number of carbonyl (C=O) groups is 2. The van der Waals surface area contributed by atoms with E-state index < -0.39 is 17.2 Å². The van der Waals surface area contributed by atoms with Gasteiger partial charge in [0.05, 0.1) is 12.0 Å². The fourth-order valence-electron chi connectivity index (χ4n) is 3.66. The van der Waals surface area contributed by atoms with Crippen LogP contribution in [-0.4, -0.2) is 47.3 Å². The van der Waals surface area contributed by atoms with Crippen molar-refractivity contribution < 1.29 is 18.4 Å². The van der Waals surface area contributed by atoms with Gasteiger partial charge in [-0.15, -0.1) is 0 Å². The Bertz CT molecular complexity index is 888. The van der Waals surface area contributed by atoms with Crippen LogP contribution in [0.3, 0.4) is 0 Å². The van der Waals surface area contributed by atoms with E-state index in [2.05, 4.69) is 10.3 Å². The minimum atomic E-state index is -2.66. The van der Waals surface area contributed by atoms with Gasteiger partial charge in [0.2, 0.25) is 5.91 Å². The quantitative estimate of drug-likeness (QED) is 0.858. The number of carbonyl (C=O) groups excluding carboxylic acids is 2. The lowest BCUT2D eigenvalue weighted by Gasteiger charge is -2.16. The Hall–Kier alpha value is -2.15. The second-order valence-electron chi connectivity index (χ2n) is 7.28. The fourth-order valence-corrected chi connectivity index (χ4v) is 3.83. The summed E-state index contributed by atoms with van der Waals surface area (Å²) in [7, 11) is 0. The summed E-state index contributed by atoms with van der Waals surface area (Å²) in [5.41, 5.74) is 0.964. The molecule has 2 N–H and O–H groups in total. The third kappa shape index (κ3) is 2.74. The van der Waals surface area contributed by atoms with Crippen molar-refractivity contribution in [2.45, 2.75) is 25.7 Å². The van der Waals surface area contributed by atoms with Crippen molar-refractivity contribution in [3.05, 3.63) is 34.5 Å². The van der Waals surface area contributed by atoms with Crippen molar-refractivity contribution in [1.29, 1.82) is 0 Å². The van der Waals surface area contributed by atoms with Crippen LogP contribution < -0.4 is 5.32 Å². The number of H-pyrrole nitrogens is 1. The number of nitrogens with zero attached hydrogens (tertiary/aromatic N) is 1. The molecule has 1 saturated carbocycles. The maximum absolute atomic E-state index is 13.4. The van der Waals surface area contributed by atoms with Gasteiger partial charge in [0, 0.05) is 35.4 Å². The second-order valence-corrected chi connectivity index (χ2v) is 7.69. The number of hydrogen-bond donors (Lipinski definition) is 2. The molecule has 1 aliphatic carbocycles. The Morgan fingerprint density at radius 2 is 2.08 bits per heavy atom. The number of aromatic amines is 1. The number of rotatable bonds is 3. The summed E-state index contributed by atoms with van der Waals surface area (Å²) >= 11 is 6.08. The number of halogens is 3. The maximum Gasteiger partial charge on any atom is 0.268 e. The number of hydrogen-bond acceptors (Lipinski definition) is 2. The molecule has 2 fully saturated rings. The van der Waals surface area contributed by atoms with Gasteiger partial charge in [-0.05, 0) is 37.1 Å². The number of likely N-dealkylation sites (tertiary alicyclic amines) is 1. The van der Waals surface area contributed by atoms with E-state index in [1.807, 2.05) is 13.0 Å². The van der Waals surface area contributed by atoms with Gasteiger partial charge in [-0.25, -0.2) is 8.78 Å².